The van der Waals surface area contributed by atoms with Crippen molar-refractivity contribution in [2.75, 3.05) is 17.2 Å². The zero-order chi connectivity index (χ0) is 18.5. The lowest BCUT2D eigenvalue weighted by Gasteiger charge is -2.13. The Morgan fingerprint density at radius 1 is 1.00 bits per heavy atom. The summed E-state index contributed by atoms with van der Waals surface area (Å²) >= 11 is 0. The Morgan fingerprint density at radius 2 is 1.73 bits per heavy atom. The van der Waals surface area contributed by atoms with Crippen molar-refractivity contribution in [2.45, 2.75) is 27.2 Å². The van der Waals surface area contributed by atoms with E-state index >= 15 is 0 Å². The second-order valence-electron chi connectivity index (χ2n) is 6.43. The van der Waals surface area contributed by atoms with Crippen molar-refractivity contribution in [2.24, 2.45) is 0 Å². The molecule has 0 atom stereocenters. The van der Waals surface area contributed by atoms with Gasteiger partial charge in [-0.15, -0.1) is 0 Å². The summed E-state index contributed by atoms with van der Waals surface area (Å²) in [6.07, 6.45) is 2.30. The Hall–Kier alpha value is -2.95. The molecule has 0 aliphatic carbocycles. The fourth-order valence-corrected chi connectivity index (χ4v) is 3.03. The predicted molar refractivity (Wildman–Crippen MR) is 105 cm³/mol. The van der Waals surface area contributed by atoms with Crippen LogP contribution in [0.4, 0.5) is 21.8 Å². The van der Waals surface area contributed by atoms with E-state index in [-0.39, 0.29) is 5.82 Å². The van der Waals surface area contributed by atoms with Gasteiger partial charge < -0.3 is 10.6 Å². The van der Waals surface area contributed by atoms with E-state index in [2.05, 4.69) is 53.5 Å². The third-order valence-corrected chi connectivity index (χ3v) is 4.23. The molecular weight excluding hydrogens is 327 g/mol. The van der Waals surface area contributed by atoms with Crippen LogP contribution in [0.1, 0.15) is 22.3 Å². The number of hydrogen-bond acceptors (Lipinski definition) is 4. The average Bonchev–Trinajstić information content (AvgIpc) is 2.60. The van der Waals surface area contributed by atoms with E-state index < -0.39 is 0 Å². The molecule has 0 aliphatic heterocycles. The zero-order valence-corrected chi connectivity index (χ0v) is 15.3. The van der Waals surface area contributed by atoms with E-state index in [4.69, 9.17) is 0 Å². The summed E-state index contributed by atoms with van der Waals surface area (Å²) in [5.41, 5.74) is 5.26. The third kappa shape index (κ3) is 4.36. The van der Waals surface area contributed by atoms with Crippen molar-refractivity contribution < 1.29 is 4.39 Å². The Balaban J connectivity index is 1.66. The van der Waals surface area contributed by atoms with Gasteiger partial charge in [-0.1, -0.05) is 35.9 Å². The monoisotopic (exact) mass is 350 g/mol. The van der Waals surface area contributed by atoms with Gasteiger partial charge >= 0.3 is 0 Å². The molecule has 0 unspecified atom stereocenters. The highest BCUT2D eigenvalue weighted by molar-refractivity contribution is 5.64. The molecule has 0 fully saturated rings. The topological polar surface area (TPSA) is 49.8 Å². The van der Waals surface area contributed by atoms with E-state index in [1.165, 1.54) is 11.6 Å². The molecule has 134 valence electrons. The number of aryl methyl sites for hydroxylation is 3. The summed E-state index contributed by atoms with van der Waals surface area (Å²) in [5.74, 6) is 1.07. The SMILES string of the molecule is Cc1cc(C)c(Nc2nccc(NCCc3ccccc3F)n2)c(C)c1. The Bertz CT molecular complexity index is 885. The number of benzene rings is 2. The highest BCUT2D eigenvalue weighted by atomic mass is 19.1. The highest BCUT2D eigenvalue weighted by Gasteiger charge is 2.07. The fraction of sp³-hybridized carbons (Fsp3) is 0.238. The lowest BCUT2D eigenvalue weighted by atomic mass is 10.1. The summed E-state index contributed by atoms with van der Waals surface area (Å²) in [4.78, 5) is 8.80. The van der Waals surface area contributed by atoms with Crippen LogP contribution in [0.3, 0.4) is 0 Å². The minimum atomic E-state index is -0.176. The molecule has 0 amide bonds. The van der Waals surface area contributed by atoms with Crippen molar-refractivity contribution in [3.63, 3.8) is 0 Å². The molecule has 5 heteroatoms. The zero-order valence-electron chi connectivity index (χ0n) is 15.3. The van der Waals surface area contributed by atoms with Crippen LogP contribution in [0.5, 0.6) is 0 Å². The van der Waals surface area contributed by atoms with Crippen LogP contribution in [0.25, 0.3) is 0 Å². The van der Waals surface area contributed by atoms with Crippen LogP contribution in [-0.4, -0.2) is 16.5 Å². The molecule has 0 radical (unpaired) electrons. The molecule has 0 aliphatic rings. The number of anilines is 3. The number of rotatable bonds is 6. The summed E-state index contributed by atoms with van der Waals surface area (Å²) in [7, 11) is 0. The first kappa shape index (κ1) is 17.9. The second-order valence-corrected chi connectivity index (χ2v) is 6.43. The van der Waals surface area contributed by atoms with E-state index in [0.717, 1.165) is 16.8 Å². The molecule has 2 N–H and O–H groups in total. The normalized spacial score (nSPS) is 10.6. The van der Waals surface area contributed by atoms with Gasteiger partial charge in [0.25, 0.3) is 0 Å². The van der Waals surface area contributed by atoms with Crippen molar-refractivity contribution in [3.05, 3.63) is 76.7 Å². The van der Waals surface area contributed by atoms with Gasteiger partial charge in [0.15, 0.2) is 0 Å². The Kier molecular flexibility index (Phi) is 5.46. The molecule has 1 heterocycles. The van der Waals surface area contributed by atoms with Gasteiger partial charge in [-0.05, 0) is 56.0 Å². The fourth-order valence-electron chi connectivity index (χ4n) is 3.03. The lowest BCUT2D eigenvalue weighted by Crippen LogP contribution is -2.09. The van der Waals surface area contributed by atoms with Crippen LogP contribution < -0.4 is 10.6 Å². The first-order chi connectivity index (χ1) is 12.5. The van der Waals surface area contributed by atoms with Gasteiger partial charge in [0.1, 0.15) is 11.6 Å². The number of nitrogens with zero attached hydrogens (tertiary/aromatic N) is 2. The minimum absolute atomic E-state index is 0.176. The molecule has 0 bridgehead atoms. The Labute approximate surface area is 153 Å². The van der Waals surface area contributed by atoms with Crippen LogP contribution in [0, 0.1) is 26.6 Å². The summed E-state index contributed by atoms with van der Waals surface area (Å²) in [6.45, 7) is 6.82. The van der Waals surface area contributed by atoms with Crippen molar-refractivity contribution >= 4 is 17.5 Å². The largest absolute Gasteiger partial charge is 0.370 e. The van der Waals surface area contributed by atoms with E-state index in [1.54, 1.807) is 24.4 Å². The number of halogens is 1. The molecule has 3 rings (SSSR count). The second kappa shape index (κ2) is 7.95. The Morgan fingerprint density at radius 3 is 2.46 bits per heavy atom. The van der Waals surface area contributed by atoms with Gasteiger partial charge in [-0.25, -0.2) is 9.37 Å². The van der Waals surface area contributed by atoms with Gasteiger partial charge in [0, 0.05) is 18.4 Å². The van der Waals surface area contributed by atoms with E-state index in [0.29, 0.717) is 30.3 Å². The molecular formula is C21H23FN4. The molecule has 0 saturated heterocycles. The summed E-state index contributed by atoms with van der Waals surface area (Å²) in [6, 6.07) is 12.9. The summed E-state index contributed by atoms with van der Waals surface area (Å²) in [5, 5.41) is 6.53. The quantitative estimate of drug-likeness (QED) is 0.661. The standard InChI is InChI=1S/C21H23FN4/c1-14-12-15(2)20(16(3)13-14)26-21-24-11-9-19(25-21)23-10-8-17-6-4-5-7-18(17)22/h4-7,9,11-13H,8,10H2,1-3H3,(H2,23,24,25,26). The maximum Gasteiger partial charge on any atom is 0.229 e. The van der Waals surface area contributed by atoms with Crippen LogP contribution in [0.2, 0.25) is 0 Å². The number of nitrogens with one attached hydrogen (secondary N) is 2. The molecule has 3 aromatic rings. The third-order valence-electron chi connectivity index (χ3n) is 4.23. The van der Waals surface area contributed by atoms with E-state index in [1.807, 2.05) is 6.07 Å². The average molecular weight is 350 g/mol. The number of hydrogen-bond donors (Lipinski definition) is 2. The van der Waals surface area contributed by atoms with Crippen molar-refractivity contribution in [3.8, 4) is 0 Å². The van der Waals surface area contributed by atoms with Crippen LogP contribution in [0.15, 0.2) is 48.7 Å². The molecule has 2 aromatic carbocycles. The molecule has 26 heavy (non-hydrogen) atoms. The minimum Gasteiger partial charge on any atom is -0.370 e. The van der Waals surface area contributed by atoms with Crippen LogP contribution in [-0.2, 0) is 6.42 Å². The van der Waals surface area contributed by atoms with Crippen molar-refractivity contribution in [1.82, 2.24) is 9.97 Å². The van der Waals surface area contributed by atoms with Crippen LogP contribution >= 0.6 is 0 Å². The maximum atomic E-state index is 13.7. The maximum absolute atomic E-state index is 13.7. The molecule has 0 saturated carbocycles. The van der Waals surface area contributed by atoms with Gasteiger partial charge in [-0.2, -0.15) is 4.98 Å². The highest BCUT2D eigenvalue weighted by Crippen LogP contribution is 2.24. The van der Waals surface area contributed by atoms with Gasteiger partial charge in [-0.3, -0.25) is 0 Å². The molecule has 1 aromatic heterocycles. The lowest BCUT2D eigenvalue weighted by molar-refractivity contribution is 0.610. The first-order valence-electron chi connectivity index (χ1n) is 8.68. The van der Waals surface area contributed by atoms with Crippen molar-refractivity contribution in [1.29, 1.82) is 0 Å². The smallest absolute Gasteiger partial charge is 0.229 e. The van der Waals surface area contributed by atoms with Gasteiger partial charge in [0.05, 0.1) is 0 Å². The van der Waals surface area contributed by atoms with Gasteiger partial charge in [0.2, 0.25) is 5.95 Å². The number of aromatic nitrogens is 2. The van der Waals surface area contributed by atoms with E-state index in [9.17, 15) is 4.39 Å². The summed E-state index contributed by atoms with van der Waals surface area (Å²) < 4.78 is 13.7. The molecule has 4 nitrogen and oxygen atoms in total. The predicted octanol–water partition coefficient (Wildman–Crippen LogP) is 4.94. The molecule has 0 spiro atoms. The first-order valence-corrected chi connectivity index (χ1v) is 8.68.